The highest BCUT2D eigenvalue weighted by Crippen LogP contribution is 2.37. The van der Waals surface area contributed by atoms with Crippen molar-refractivity contribution in [3.05, 3.63) is 87.9 Å². The SMILES string of the molecule is C[C@H](NC(=O)[C@@H](N)Cc1cn(CC(Cl)(C(=O)c2ccc(Cl)cc2Cl)c2ccccc2)cn1)C(=O)O. The lowest BCUT2D eigenvalue weighted by Gasteiger charge is -2.27. The summed E-state index contributed by atoms with van der Waals surface area (Å²) in [5.74, 6) is -2.20. The zero-order chi connectivity index (χ0) is 25.8. The first-order valence-corrected chi connectivity index (χ1v) is 11.7. The van der Waals surface area contributed by atoms with Gasteiger partial charge >= 0.3 is 5.97 Å². The Morgan fingerprint density at radius 1 is 1.17 bits per heavy atom. The molecule has 4 N–H and O–H groups in total. The summed E-state index contributed by atoms with van der Waals surface area (Å²) >= 11 is 19.3. The van der Waals surface area contributed by atoms with E-state index in [9.17, 15) is 14.4 Å². The summed E-state index contributed by atoms with van der Waals surface area (Å²) in [7, 11) is 0. The number of hydrogen-bond donors (Lipinski definition) is 3. The summed E-state index contributed by atoms with van der Waals surface area (Å²) in [4.78, 5) is 39.5. The maximum Gasteiger partial charge on any atom is 0.325 e. The molecular weight excluding hydrogens is 515 g/mol. The van der Waals surface area contributed by atoms with Crippen LogP contribution in [0, 0.1) is 0 Å². The number of alkyl halides is 1. The molecule has 1 unspecified atom stereocenters. The summed E-state index contributed by atoms with van der Waals surface area (Å²) in [6, 6.07) is 11.4. The molecule has 8 nitrogen and oxygen atoms in total. The van der Waals surface area contributed by atoms with E-state index in [1.165, 1.54) is 25.4 Å². The number of aromatic nitrogens is 2. The van der Waals surface area contributed by atoms with Crippen molar-refractivity contribution in [2.75, 3.05) is 0 Å². The molecule has 3 atom stereocenters. The van der Waals surface area contributed by atoms with Gasteiger partial charge in [0.25, 0.3) is 0 Å². The summed E-state index contributed by atoms with van der Waals surface area (Å²) in [5.41, 5.74) is 7.18. The number of nitrogens with two attached hydrogens (primary N) is 1. The second-order valence-corrected chi connectivity index (χ2v) is 9.53. The molecule has 2 aromatic carbocycles. The normalized spacial score (nSPS) is 14.5. The highest BCUT2D eigenvalue weighted by atomic mass is 35.5. The van der Waals surface area contributed by atoms with Gasteiger partial charge in [0, 0.05) is 23.2 Å². The van der Waals surface area contributed by atoms with Crippen molar-refractivity contribution in [1.82, 2.24) is 14.9 Å². The number of ketones is 1. The monoisotopic (exact) mass is 536 g/mol. The fourth-order valence-corrected chi connectivity index (χ4v) is 4.29. The van der Waals surface area contributed by atoms with Crippen molar-refractivity contribution in [3.63, 3.8) is 0 Å². The van der Waals surface area contributed by atoms with Gasteiger partial charge in [-0.15, -0.1) is 11.6 Å². The third-order valence-electron chi connectivity index (χ3n) is 5.35. The quantitative estimate of drug-likeness (QED) is 0.267. The van der Waals surface area contributed by atoms with Gasteiger partial charge in [-0.1, -0.05) is 53.5 Å². The third kappa shape index (κ3) is 6.41. The van der Waals surface area contributed by atoms with Crippen LogP contribution in [0.4, 0.5) is 0 Å². The van der Waals surface area contributed by atoms with Crippen LogP contribution < -0.4 is 11.1 Å². The number of rotatable bonds is 10. The maximum absolute atomic E-state index is 13.6. The Balaban J connectivity index is 1.84. The predicted molar refractivity (Wildman–Crippen MR) is 134 cm³/mol. The highest BCUT2D eigenvalue weighted by Gasteiger charge is 2.40. The number of nitrogens with one attached hydrogen (secondary N) is 1. The van der Waals surface area contributed by atoms with Gasteiger partial charge in [0.2, 0.25) is 5.91 Å². The molecule has 0 radical (unpaired) electrons. The van der Waals surface area contributed by atoms with Gasteiger partial charge in [-0.2, -0.15) is 0 Å². The van der Waals surface area contributed by atoms with Gasteiger partial charge in [-0.3, -0.25) is 14.4 Å². The van der Waals surface area contributed by atoms with E-state index in [0.717, 1.165) is 0 Å². The van der Waals surface area contributed by atoms with Crippen LogP contribution in [0.25, 0.3) is 0 Å². The van der Waals surface area contributed by atoms with Crippen molar-refractivity contribution in [1.29, 1.82) is 0 Å². The standard InChI is InChI=1S/C24H23Cl3N4O4/c1-14(23(34)35)30-22(33)20(28)10-17-11-31(13-29-17)12-24(27,15-5-3-2-4-6-15)21(32)18-8-7-16(25)9-19(18)26/h2-9,11,13-14,20H,10,12,28H2,1H3,(H,30,33)(H,34,35)/t14-,20-,24?/m0/s1. The Labute approximate surface area is 217 Å². The Bertz CT molecular complexity index is 1230. The molecule has 0 saturated carbocycles. The number of nitrogens with zero attached hydrogens (tertiary/aromatic N) is 2. The Morgan fingerprint density at radius 3 is 2.49 bits per heavy atom. The summed E-state index contributed by atoms with van der Waals surface area (Å²) in [6.07, 6.45) is 3.17. The van der Waals surface area contributed by atoms with Crippen LogP contribution in [0.1, 0.15) is 28.5 Å². The molecule has 0 aliphatic carbocycles. The van der Waals surface area contributed by atoms with Crippen molar-refractivity contribution in [2.24, 2.45) is 5.73 Å². The second kappa shape index (κ2) is 11.2. The molecule has 3 rings (SSSR count). The number of hydrogen-bond acceptors (Lipinski definition) is 5. The van der Waals surface area contributed by atoms with Gasteiger partial charge in [-0.05, 0) is 30.7 Å². The molecule has 1 heterocycles. The van der Waals surface area contributed by atoms with Gasteiger partial charge in [-0.25, -0.2) is 4.98 Å². The van der Waals surface area contributed by atoms with Crippen LogP contribution in [0.3, 0.4) is 0 Å². The summed E-state index contributed by atoms with van der Waals surface area (Å²) in [6.45, 7) is 1.36. The van der Waals surface area contributed by atoms with Crippen LogP contribution in [0.2, 0.25) is 10.0 Å². The maximum atomic E-state index is 13.6. The molecule has 0 aliphatic heterocycles. The number of Topliss-reactive ketones (excluding diaryl/α,β-unsaturated/α-hetero) is 1. The number of carboxylic acids is 1. The number of carbonyl (C=O) groups is 3. The van der Waals surface area contributed by atoms with Crippen molar-refractivity contribution in [3.8, 4) is 0 Å². The molecular formula is C24H23Cl3N4O4. The summed E-state index contributed by atoms with van der Waals surface area (Å²) < 4.78 is 1.63. The van der Waals surface area contributed by atoms with Gasteiger partial charge in [0.1, 0.15) is 6.04 Å². The Kier molecular flexibility index (Phi) is 8.56. The van der Waals surface area contributed by atoms with Crippen LogP contribution >= 0.6 is 34.8 Å². The first-order chi connectivity index (χ1) is 16.5. The number of carbonyl (C=O) groups excluding carboxylic acids is 2. The fourth-order valence-electron chi connectivity index (χ4n) is 3.43. The molecule has 184 valence electrons. The van der Waals surface area contributed by atoms with E-state index in [-0.39, 0.29) is 23.6 Å². The number of carboxylic acid groups (broad SMARTS) is 1. The number of aliphatic carboxylic acids is 1. The first-order valence-electron chi connectivity index (χ1n) is 10.5. The lowest BCUT2D eigenvalue weighted by molar-refractivity contribution is -0.141. The summed E-state index contributed by atoms with van der Waals surface area (Å²) in [5, 5.41) is 11.8. The molecule has 1 aromatic heterocycles. The topological polar surface area (TPSA) is 127 Å². The molecule has 0 aliphatic rings. The molecule has 35 heavy (non-hydrogen) atoms. The minimum absolute atomic E-state index is 0.0147. The van der Waals surface area contributed by atoms with E-state index < -0.39 is 34.6 Å². The largest absolute Gasteiger partial charge is 0.480 e. The predicted octanol–water partition coefficient (Wildman–Crippen LogP) is 3.67. The lowest BCUT2D eigenvalue weighted by Crippen LogP contribution is -2.48. The van der Waals surface area contributed by atoms with Crippen molar-refractivity contribution < 1.29 is 19.5 Å². The average molecular weight is 538 g/mol. The van der Waals surface area contributed by atoms with Crippen molar-refractivity contribution in [2.45, 2.75) is 36.8 Å². The van der Waals surface area contributed by atoms with Gasteiger partial charge < -0.3 is 20.7 Å². The Morgan fingerprint density at radius 2 is 1.86 bits per heavy atom. The smallest absolute Gasteiger partial charge is 0.325 e. The van der Waals surface area contributed by atoms with E-state index in [4.69, 9.17) is 45.6 Å². The van der Waals surface area contributed by atoms with Gasteiger partial charge in [0.15, 0.2) is 10.7 Å². The molecule has 1 amide bonds. The Hall–Kier alpha value is -2.91. The average Bonchev–Trinajstić information content (AvgIpc) is 3.25. The highest BCUT2D eigenvalue weighted by molar-refractivity contribution is 6.42. The van der Waals surface area contributed by atoms with Crippen LogP contribution in [0.5, 0.6) is 0 Å². The number of halogens is 3. The molecule has 11 heteroatoms. The van der Waals surface area contributed by atoms with Crippen LogP contribution in [-0.2, 0) is 27.4 Å². The van der Waals surface area contributed by atoms with E-state index in [1.807, 2.05) is 6.07 Å². The molecule has 0 saturated heterocycles. The van der Waals surface area contributed by atoms with E-state index in [0.29, 0.717) is 16.3 Å². The molecule has 0 fully saturated rings. The number of benzene rings is 2. The van der Waals surface area contributed by atoms with Gasteiger partial charge in [0.05, 0.1) is 29.6 Å². The third-order valence-corrected chi connectivity index (χ3v) is 6.41. The minimum atomic E-state index is -1.52. The fraction of sp³-hybridized carbons (Fsp3) is 0.250. The first kappa shape index (κ1) is 26.7. The zero-order valence-corrected chi connectivity index (χ0v) is 20.9. The molecule has 3 aromatic rings. The zero-order valence-electron chi connectivity index (χ0n) is 18.6. The van der Waals surface area contributed by atoms with E-state index in [2.05, 4.69) is 10.3 Å². The van der Waals surface area contributed by atoms with E-state index in [1.54, 1.807) is 41.1 Å². The number of amides is 1. The lowest BCUT2D eigenvalue weighted by atomic mass is 9.89. The molecule has 0 spiro atoms. The van der Waals surface area contributed by atoms with Crippen molar-refractivity contribution >= 4 is 52.5 Å². The van der Waals surface area contributed by atoms with Crippen LogP contribution in [0.15, 0.2) is 61.1 Å². The van der Waals surface area contributed by atoms with E-state index >= 15 is 0 Å². The molecule has 0 bridgehead atoms. The second-order valence-electron chi connectivity index (χ2n) is 8.04. The minimum Gasteiger partial charge on any atom is -0.480 e. The number of imidazole rings is 1. The van der Waals surface area contributed by atoms with Crippen LogP contribution in [-0.4, -0.2) is 44.4 Å².